The van der Waals surface area contributed by atoms with Gasteiger partial charge in [0.15, 0.2) is 0 Å². The van der Waals surface area contributed by atoms with Gasteiger partial charge in [-0.05, 0) is 11.5 Å². The summed E-state index contributed by atoms with van der Waals surface area (Å²) >= 11 is 0. The van der Waals surface area contributed by atoms with Gasteiger partial charge in [0, 0.05) is 44.4 Å². The number of nitrogens with one attached hydrogen (secondary N) is 1. The summed E-state index contributed by atoms with van der Waals surface area (Å²) in [5, 5.41) is 14.1. The topological polar surface area (TPSA) is 58.4 Å². The SMILES string of the molecule is CCC(C)[C@H](c1ccc([N+](=O)[O-])cc1)N1CCNCC1. The van der Waals surface area contributed by atoms with Crippen molar-refractivity contribution in [3.63, 3.8) is 0 Å². The van der Waals surface area contributed by atoms with Gasteiger partial charge in [0.25, 0.3) is 5.69 Å². The first-order chi connectivity index (χ1) is 9.63. The lowest BCUT2D eigenvalue weighted by Crippen LogP contribution is -2.46. The van der Waals surface area contributed by atoms with Crippen molar-refractivity contribution in [3.05, 3.63) is 39.9 Å². The summed E-state index contributed by atoms with van der Waals surface area (Å²) in [4.78, 5) is 12.9. The van der Waals surface area contributed by atoms with E-state index in [2.05, 4.69) is 24.1 Å². The number of nitrogens with zero attached hydrogens (tertiary/aromatic N) is 2. The molecule has 0 saturated carbocycles. The number of hydrogen-bond acceptors (Lipinski definition) is 4. The van der Waals surface area contributed by atoms with E-state index in [0.717, 1.165) is 32.6 Å². The van der Waals surface area contributed by atoms with Crippen molar-refractivity contribution in [1.82, 2.24) is 10.2 Å². The van der Waals surface area contributed by atoms with E-state index >= 15 is 0 Å². The zero-order valence-corrected chi connectivity index (χ0v) is 12.2. The average Bonchev–Trinajstić information content (AvgIpc) is 2.49. The molecule has 1 heterocycles. The van der Waals surface area contributed by atoms with Crippen LogP contribution in [0.1, 0.15) is 31.9 Å². The van der Waals surface area contributed by atoms with E-state index in [0.29, 0.717) is 12.0 Å². The molecule has 1 aliphatic rings. The molecule has 0 amide bonds. The molecule has 0 aliphatic carbocycles. The van der Waals surface area contributed by atoms with Gasteiger partial charge in [-0.25, -0.2) is 0 Å². The third kappa shape index (κ3) is 3.35. The summed E-state index contributed by atoms with van der Waals surface area (Å²) in [5.74, 6) is 0.537. The molecule has 1 fully saturated rings. The molecule has 0 spiro atoms. The summed E-state index contributed by atoms with van der Waals surface area (Å²) in [6.45, 7) is 8.55. The first-order valence-electron chi connectivity index (χ1n) is 7.32. The molecule has 2 atom stereocenters. The van der Waals surface area contributed by atoms with Crippen LogP contribution in [0.2, 0.25) is 0 Å². The highest BCUT2D eigenvalue weighted by Crippen LogP contribution is 2.31. The van der Waals surface area contributed by atoms with Crippen LogP contribution in [0, 0.1) is 16.0 Å². The van der Waals surface area contributed by atoms with Gasteiger partial charge in [0.05, 0.1) is 4.92 Å². The third-order valence-electron chi connectivity index (χ3n) is 4.17. The van der Waals surface area contributed by atoms with Gasteiger partial charge in [-0.3, -0.25) is 15.0 Å². The molecule has 1 aromatic carbocycles. The summed E-state index contributed by atoms with van der Waals surface area (Å²) < 4.78 is 0. The monoisotopic (exact) mass is 277 g/mol. The fourth-order valence-electron chi connectivity index (χ4n) is 2.88. The van der Waals surface area contributed by atoms with Crippen molar-refractivity contribution in [3.8, 4) is 0 Å². The van der Waals surface area contributed by atoms with Crippen LogP contribution in [0.25, 0.3) is 0 Å². The molecule has 110 valence electrons. The molecule has 2 rings (SSSR count). The van der Waals surface area contributed by atoms with E-state index < -0.39 is 0 Å². The van der Waals surface area contributed by atoms with Crippen LogP contribution in [0.3, 0.4) is 0 Å². The van der Waals surface area contributed by atoms with Crippen molar-refractivity contribution >= 4 is 5.69 Å². The lowest BCUT2D eigenvalue weighted by molar-refractivity contribution is -0.384. The Labute approximate surface area is 120 Å². The van der Waals surface area contributed by atoms with E-state index in [1.54, 1.807) is 12.1 Å². The van der Waals surface area contributed by atoms with E-state index in [-0.39, 0.29) is 10.6 Å². The van der Waals surface area contributed by atoms with Gasteiger partial charge >= 0.3 is 0 Å². The van der Waals surface area contributed by atoms with Gasteiger partial charge in [0.1, 0.15) is 0 Å². The second-order valence-electron chi connectivity index (χ2n) is 5.46. The molecule has 20 heavy (non-hydrogen) atoms. The molecule has 1 aromatic rings. The molecule has 0 radical (unpaired) electrons. The Morgan fingerprint density at radius 2 is 1.90 bits per heavy atom. The maximum Gasteiger partial charge on any atom is 0.269 e. The van der Waals surface area contributed by atoms with Crippen LogP contribution in [0.4, 0.5) is 5.69 Å². The lowest BCUT2D eigenvalue weighted by Gasteiger charge is -2.38. The Hall–Kier alpha value is -1.46. The summed E-state index contributed by atoms with van der Waals surface area (Å²) in [7, 11) is 0. The zero-order valence-electron chi connectivity index (χ0n) is 12.2. The minimum absolute atomic E-state index is 0.164. The van der Waals surface area contributed by atoms with Gasteiger partial charge in [-0.1, -0.05) is 32.4 Å². The Kier molecular flexibility index (Phi) is 5.09. The molecule has 1 unspecified atom stereocenters. The predicted molar refractivity (Wildman–Crippen MR) is 79.7 cm³/mol. The average molecular weight is 277 g/mol. The third-order valence-corrected chi connectivity index (χ3v) is 4.17. The van der Waals surface area contributed by atoms with Crippen LogP contribution in [0.15, 0.2) is 24.3 Å². The van der Waals surface area contributed by atoms with E-state index in [9.17, 15) is 10.1 Å². The molecular formula is C15H23N3O2. The molecule has 1 aliphatic heterocycles. The number of nitro benzene ring substituents is 1. The van der Waals surface area contributed by atoms with Crippen LogP contribution < -0.4 is 5.32 Å². The van der Waals surface area contributed by atoms with E-state index in [1.807, 2.05) is 12.1 Å². The molecule has 1 saturated heterocycles. The van der Waals surface area contributed by atoms with E-state index in [4.69, 9.17) is 0 Å². The van der Waals surface area contributed by atoms with Crippen molar-refractivity contribution in [2.45, 2.75) is 26.3 Å². The Bertz CT molecular complexity index is 441. The van der Waals surface area contributed by atoms with Crippen molar-refractivity contribution in [1.29, 1.82) is 0 Å². The first kappa shape index (κ1) is 14.9. The van der Waals surface area contributed by atoms with Crippen molar-refractivity contribution in [2.75, 3.05) is 26.2 Å². The number of non-ortho nitro benzene ring substituents is 1. The van der Waals surface area contributed by atoms with Crippen molar-refractivity contribution < 1.29 is 4.92 Å². The predicted octanol–water partition coefficient (Wildman–Crippen LogP) is 2.59. The van der Waals surface area contributed by atoms with Crippen LogP contribution in [0.5, 0.6) is 0 Å². The number of piperazine rings is 1. The van der Waals surface area contributed by atoms with Crippen LogP contribution in [-0.2, 0) is 0 Å². The molecule has 5 nitrogen and oxygen atoms in total. The van der Waals surface area contributed by atoms with Gasteiger partial charge in [0.2, 0.25) is 0 Å². The fourth-order valence-corrected chi connectivity index (χ4v) is 2.88. The minimum Gasteiger partial charge on any atom is -0.314 e. The highest BCUT2D eigenvalue weighted by Gasteiger charge is 2.26. The molecule has 5 heteroatoms. The maximum atomic E-state index is 10.8. The zero-order chi connectivity index (χ0) is 14.5. The maximum absolute atomic E-state index is 10.8. The number of nitro groups is 1. The first-order valence-corrected chi connectivity index (χ1v) is 7.32. The van der Waals surface area contributed by atoms with Crippen LogP contribution >= 0.6 is 0 Å². The second-order valence-corrected chi connectivity index (χ2v) is 5.46. The highest BCUT2D eigenvalue weighted by atomic mass is 16.6. The molecular weight excluding hydrogens is 254 g/mol. The normalized spacial score (nSPS) is 19.5. The van der Waals surface area contributed by atoms with Gasteiger partial charge in [-0.15, -0.1) is 0 Å². The molecule has 0 bridgehead atoms. The smallest absolute Gasteiger partial charge is 0.269 e. The molecule has 1 N–H and O–H groups in total. The quantitative estimate of drug-likeness (QED) is 0.664. The highest BCUT2D eigenvalue weighted by molar-refractivity contribution is 5.34. The molecule has 0 aromatic heterocycles. The number of benzene rings is 1. The largest absolute Gasteiger partial charge is 0.314 e. The second kappa shape index (κ2) is 6.81. The number of rotatable bonds is 5. The number of hydrogen-bond donors (Lipinski definition) is 1. The summed E-state index contributed by atoms with van der Waals surface area (Å²) in [6, 6.07) is 7.41. The summed E-state index contributed by atoms with van der Waals surface area (Å²) in [5.41, 5.74) is 1.35. The van der Waals surface area contributed by atoms with Crippen molar-refractivity contribution in [2.24, 2.45) is 5.92 Å². The Morgan fingerprint density at radius 3 is 2.40 bits per heavy atom. The fraction of sp³-hybridized carbons (Fsp3) is 0.600. The Morgan fingerprint density at radius 1 is 1.30 bits per heavy atom. The lowest BCUT2D eigenvalue weighted by atomic mass is 9.90. The standard InChI is InChI=1S/C15H23N3O2/c1-3-12(2)15(17-10-8-16-9-11-17)13-4-6-14(7-5-13)18(19)20/h4-7,12,15-16H,3,8-11H2,1-2H3/t12?,15-/m1/s1. The summed E-state index contributed by atoms with van der Waals surface area (Å²) in [6.07, 6.45) is 1.10. The minimum atomic E-state index is -0.340. The van der Waals surface area contributed by atoms with Gasteiger partial charge < -0.3 is 5.32 Å². The van der Waals surface area contributed by atoms with Crippen LogP contribution in [-0.4, -0.2) is 36.0 Å². The Balaban J connectivity index is 2.23. The van der Waals surface area contributed by atoms with Gasteiger partial charge in [-0.2, -0.15) is 0 Å². The van der Waals surface area contributed by atoms with E-state index in [1.165, 1.54) is 5.56 Å².